The lowest BCUT2D eigenvalue weighted by molar-refractivity contribution is -0.115. The van der Waals surface area contributed by atoms with Crippen LogP contribution in [0.15, 0.2) is 60.0 Å². The van der Waals surface area contributed by atoms with Gasteiger partial charge in [-0.1, -0.05) is 12.1 Å². The number of halogens is 3. The van der Waals surface area contributed by atoms with Gasteiger partial charge in [0.05, 0.1) is 10.4 Å². The molecule has 4 N–H and O–H groups in total. The third-order valence-electron chi connectivity index (χ3n) is 4.46. The van der Waals surface area contributed by atoms with E-state index in [4.69, 9.17) is 5.14 Å². The summed E-state index contributed by atoms with van der Waals surface area (Å²) in [6.07, 6.45) is 0.246. The SMILES string of the molecule is NS(=O)(=O)c1ccc(CNc2nc(NCC(F)(F)F)c3nc(-n4ccnc4)ccc3n2)cc1. The fourth-order valence-electron chi connectivity index (χ4n) is 2.91. The van der Waals surface area contributed by atoms with Crippen molar-refractivity contribution in [3.05, 3.63) is 60.7 Å². The smallest absolute Gasteiger partial charge is 0.359 e. The number of imidazole rings is 1. The van der Waals surface area contributed by atoms with E-state index in [-0.39, 0.29) is 28.7 Å². The Kier molecular flexibility index (Phi) is 5.86. The Morgan fingerprint density at radius 2 is 1.76 bits per heavy atom. The van der Waals surface area contributed by atoms with Crippen LogP contribution in [0, 0.1) is 0 Å². The van der Waals surface area contributed by atoms with Gasteiger partial charge in [-0.3, -0.25) is 4.57 Å². The Hall–Kier alpha value is -3.78. The average molecular weight is 478 g/mol. The number of nitrogens with one attached hydrogen (secondary N) is 2. The van der Waals surface area contributed by atoms with Gasteiger partial charge in [0.15, 0.2) is 5.82 Å². The first-order chi connectivity index (χ1) is 15.6. The fourth-order valence-corrected chi connectivity index (χ4v) is 3.42. The van der Waals surface area contributed by atoms with Crippen molar-refractivity contribution in [3.63, 3.8) is 0 Å². The highest BCUT2D eigenvalue weighted by Crippen LogP contribution is 2.24. The summed E-state index contributed by atoms with van der Waals surface area (Å²) in [5.41, 5.74) is 1.17. The van der Waals surface area contributed by atoms with Crippen molar-refractivity contribution in [2.75, 3.05) is 17.2 Å². The average Bonchev–Trinajstić information content (AvgIpc) is 3.30. The van der Waals surface area contributed by atoms with Gasteiger partial charge in [0.1, 0.15) is 24.2 Å². The van der Waals surface area contributed by atoms with Crippen molar-refractivity contribution >= 4 is 32.8 Å². The second kappa shape index (κ2) is 8.63. The first kappa shape index (κ1) is 22.4. The molecule has 0 spiro atoms. The number of nitrogens with zero attached hydrogens (tertiary/aromatic N) is 5. The minimum Gasteiger partial charge on any atom is -0.359 e. The molecule has 0 aliphatic heterocycles. The zero-order valence-corrected chi connectivity index (χ0v) is 17.6. The van der Waals surface area contributed by atoms with Crippen molar-refractivity contribution in [3.8, 4) is 5.82 Å². The number of fused-ring (bicyclic) bond motifs is 1. The Morgan fingerprint density at radius 3 is 2.39 bits per heavy atom. The maximum Gasteiger partial charge on any atom is 0.405 e. The molecule has 0 amide bonds. The number of alkyl halides is 3. The van der Waals surface area contributed by atoms with Crippen molar-refractivity contribution < 1.29 is 21.6 Å². The van der Waals surface area contributed by atoms with Gasteiger partial charge in [-0.2, -0.15) is 18.2 Å². The Labute approximate surface area is 185 Å². The lowest BCUT2D eigenvalue weighted by Crippen LogP contribution is -2.22. The molecular weight excluding hydrogens is 461 g/mol. The first-order valence-electron chi connectivity index (χ1n) is 9.42. The summed E-state index contributed by atoms with van der Waals surface area (Å²) in [5, 5.41) is 10.3. The number of rotatable bonds is 7. The number of aromatic nitrogens is 5. The summed E-state index contributed by atoms with van der Waals surface area (Å²) >= 11 is 0. The molecule has 0 saturated carbocycles. The van der Waals surface area contributed by atoms with E-state index in [2.05, 4.69) is 30.6 Å². The summed E-state index contributed by atoms with van der Waals surface area (Å²) in [5.74, 6) is 0.417. The van der Waals surface area contributed by atoms with E-state index >= 15 is 0 Å². The maximum absolute atomic E-state index is 12.8. The summed E-state index contributed by atoms with van der Waals surface area (Å²) in [6.45, 7) is -1.11. The van der Waals surface area contributed by atoms with E-state index < -0.39 is 22.7 Å². The van der Waals surface area contributed by atoms with Crippen LogP contribution in [0.3, 0.4) is 0 Å². The molecule has 0 saturated heterocycles. The zero-order chi connectivity index (χ0) is 23.6. The molecule has 0 aliphatic carbocycles. The van der Waals surface area contributed by atoms with Crippen LogP contribution in [0.5, 0.6) is 0 Å². The molecule has 172 valence electrons. The highest BCUT2D eigenvalue weighted by molar-refractivity contribution is 7.89. The van der Waals surface area contributed by atoms with Gasteiger partial charge in [0, 0.05) is 18.9 Å². The van der Waals surface area contributed by atoms with Crippen LogP contribution >= 0.6 is 0 Å². The van der Waals surface area contributed by atoms with E-state index in [0.29, 0.717) is 16.9 Å². The number of hydrogen-bond acceptors (Lipinski definition) is 8. The van der Waals surface area contributed by atoms with Crippen LogP contribution in [0.4, 0.5) is 24.9 Å². The van der Waals surface area contributed by atoms with E-state index in [1.165, 1.54) is 18.5 Å². The number of sulfonamides is 1. The van der Waals surface area contributed by atoms with Crippen LogP contribution in [-0.2, 0) is 16.6 Å². The summed E-state index contributed by atoms with van der Waals surface area (Å²) in [6, 6.07) is 9.08. The Bertz CT molecular complexity index is 1370. The van der Waals surface area contributed by atoms with Gasteiger partial charge in [-0.15, -0.1) is 0 Å². The Morgan fingerprint density at radius 1 is 1.00 bits per heavy atom. The van der Waals surface area contributed by atoms with Crippen LogP contribution in [-0.4, -0.2) is 45.6 Å². The molecule has 1 aromatic carbocycles. The molecule has 0 aliphatic rings. The molecule has 4 rings (SSSR count). The molecule has 0 bridgehead atoms. The molecule has 3 heterocycles. The number of hydrogen-bond donors (Lipinski definition) is 3. The van der Waals surface area contributed by atoms with Gasteiger partial charge in [-0.25, -0.2) is 28.5 Å². The fraction of sp³-hybridized carbons (Fsp3) is 0.158. The van der Waals surface area contributed by atoms with Crippen molar-refractivity contribution in [1.29, 1.82) is 0 Å². The van der Waals surface area contributed by atoms with Gasteiger partial charge < -0.3 is 10.6 Å². The molecule has 10 nitrogen and oxygen atoms in total. The topological polar surface area (TPSA) is 141 Å². The van der Waals surface area contributed by atoms with Gasteiger partial charge in [-0.05, 0) is 29.8 Å². The summed E-state index contributed by atoms with van der Waals surface area (Å²) < 4.78 is 62.8. The number of nitrogens with two attached hydrogens (primary N) is 1. The third kappa shape index (κ3) is 5.53. The van der Waals surface area contributed by atoms with Crippen LogP contribution in [0.1, 0.15) is 5.56 Å². The highest BCUT2D eigenvalue weighted by atomic mass is 32.2. The quantitative estimate of drug-likeness (QED) is 0.368. The first-order valence-corrected chi connectivity index (χ1v) is 11.0. The lowest BCUT2D eigenvalue weighted by Gasteiger charge is -2.13. The number of primary sulfonamides is 1. The van der Waals surface area contributed by atoms with Crippen molar-refractivity contribution in [2.24, 2.45) is 5.14 Å². The monoisotopic (exact) mass is 478 g/mol. The predicted molar refractivity (Wildman–Crippen MR) is 114 cm³/mol. The molecule has 0 unspecified atom stereocenters. The largest absolute Gasteiger partial charge is 0.405 e. The van der Waals surface area contributed by atoms with Crippen molar-refractivity contribution in [1.82, 2.24) is 24.5 Å². The van der Waals surface area contributed by atoms with Gasteiger partial charge in [0.25, 0.3) is 0 Å². The Balaban J connectivity index is 1.63. The second-order valence-electron chi connectivity index (χ2n) is 6.91. The van der Waals surface area contributed by atoms with E-state index in [1.807, 2.05) is 0 Å². The third-order valence-corrected chi connectivity index (χ3v) is 5.38. The lowest BCUT2D eigenvalue weighted by atomic mass is 10.2. The second-order valence-corrected chi connectivity index (χ2v) is 8.48. The molecule has 0 atom stereocenters. The van der Waals surface area contributed by atoms with E-state index in [0.717, 1.165) is 0 Å². The number of anilines is 2. The predicted octanol–water partition coefficient (Wildman–Crippen LogP) is 2.44. The molecule has 14 heteroatoms. The van der Waals surface area contributed by atoms with Crippen LogP contribution in [0.25, 0.3) is 16.9 Å². The van der Waals surface area contributed by atoms with E-state index in [9.17, 15) is 21.6 Å². The summed E-state index contributed by atoms with van der Waals surface area (Å²) in [4.78, 5) is 16.8. The molecule has 0 radical (unpaired) electrons. The number of pyridine rings is 1. The van der Waals surface area contributed by atoms with Gasteiger partial charge >= 0.3 is 6.18 Å². The van der Waals surface area contributed by atoms with E-state index in [1.54, 1.807) is 41.2 Å². The standard InChI is InChI=1S/C19H17F3N8O2S/c20-19(21,22)10-26-17-16-14(5-6-15(28-16)30-8-7-24-11-30)27-18(29-17)25-9-12-1-3-13(4-2-12)33(23,31)32/h1-8,11H,9-10H2,(H2,23,31,32)(H2,25,26,27,29). The zero-order valence-electron chi connectivity index (χ0n) is 16.8. The molecular formula is C19H17F3N8O2S. The number of benzene rings is 1. The van der Waals surface area contributed by atoms with Crippen molar-refractivity contribution in [2.45, 2.75) is 17.6 Å². The van der Waals surface area contributed by atoms with Crippen LogP contribution < -0.4 is 15.8 Å². The minimum absolute atomic E-state index is 0.0355. The summed E-state index contributed by atoms with van der Waals surface area (Å²) in [7, 11) is -3.81. The molecule has 0 fully saturated rings. The molecule has 3 aromatic heterocycles. The van der Waals surface area contributed by atoms with Gasteiger partial charge in [0.2, 0.25) is 16.0 Å². The minimum atomic E-state index is -4.46. The molecule has 33 heavy (non-hydrogen) atoms. The van der Waals surface area contributed by atoms with Crippen LogP contribution in [0.2, 0.25) is 0 Å². The highest BCUT2D eigenvalue weighted by Gasteiger charge is 2.27. The maximum atomic E-state index is 12.8. The normalized spacial score (nSPS) is 12.1. The molecule has 4 aromatic rings.